The van der Waals surface area contributed by atoms with Crippen LogP contribution in [0.15, 0.2) is 29.8 Å². The van der Waals surface area contributed by atoms with Crippen LogP contribution in [0.2, 0.25) is 0 Å². The smallest absolute Gasteiger partial charge is 0.548 e. The number of carboxylic acids is 1. The summed E-state index contributed by atoms with van der Waals surface area (Å²) in [5.41, 5.74) is 3.86. The largest absolute Gasteiger partial charge is 1.00 e. The third kappa shape index (κ3) is 10.9. The Bertz CT molecular complexity index is 935. The van der Waals surface area contributed by atoms with Gasteiger partial charge in [-0.2, -0.15) is 11.8 Å². The number of benzene rings is 1. The second-order valence-corrected chi connectivity index (χ2v) is 12.0. The Balaban J connectivity index is 0.00000533. The molecule has 1 aromatic carbocycles. The summed E-state index contributed by atoms with van der Waals surface area (Å²) >= 11 is 1.56. The Morgan fingerprint density at radius 1 is 1.18 bits per heavy atom. The van der Waals surface area contributed by atoms with Crippen LogP contribution in [-0.4, -0.2) is 67.2 Å². The van der Waals surface area contributed by atoms with E-state index in [-0.39, 0.29) is 30.9 Å². The number of hydrogen-bond donors (Lipinski definition) is 1. The maximum absolute atomic E-state index is 13.4. The first-order valence-corrected chi connectivity index (χ1v) is 15.9. The van der Waals surface area contributed by atoms with Crippen LogP contribution in [0.1, 0.15) is 82.3 Å². The normalized spacial score (nSPS) is 18.3. The molecule has 0 radical (unpaired) electrons. The minimum atomic E-state index is -1.23. The molecule has 1 fully saturated rings. The Morgan fingerprint density at radius 3 is 2.59 bits per heavy atom. The zero-order valence-corrected chi connectivity index (χ0v) is 25.5. The molecule has 2 unspecified atom stereocenters. The van der Waals surface area contributed by atoms with Gasteiger partial charge in [-0.3, -0.25) is 9.69 Å². The number of unbranched alkanes of at least 4 members (excludes halogenated alkanes) is 1. The van der Waals surface area contributed by atoms with Gasteiger partial charge in [0.05, 0.1) is 18.1 Å². The van der Waals surface area contributed by atoms with E-state index in [1.165, 1.54) is 32.1 Å². The zero-order valence-electron chi connectivity index (χ0n) is 24.6. The van der Waals surface area contributed by atoms with Crippen molar-refractivity contribution in [2.24, 2.45) is 5.92 Å². The van der Waals surface area contributed by atoms with Crippen molar-refractivity contribution in [3.8, 4) is 0 Å². The molecule has 2 atom stereocenters. The number of nitrogens with one attached hydrogen (secondary N) is 1. The molecule has 0 aromatic heterocycles. The summed E-state index contributed by atoms with van der Waals surface area (Å²) in [5, 5.41) is 14.5. The predicted molar refractivity (Wildman–Crippen MR) is 155 cm³/mol. The number of carbonyl (C=O) groups excluding carboxylic acids is 2. The van der Waals surface area contributed by atoms with Gasteiger partial charge >= 0.3 is 18.9 Å². The first-order chi connectivity index (χ1) is 18.4. The molecule has 1 N–H and O–H groups in total. The average Bonchev–Trinajstić information content (AvgIpc) is 2.93. The van der Waals surface area contributed by atoms with E-state index >= 15 is 0 Å². The molecule has 3 rings (SSSR count). The van der Waals surface area contributed by atoms with Gasteiger partial charge in [0.25, 0.3) is 0 Å². The van der Waals surface area contributed by atoms with Gasteiger partial charge in [0.2, 0.25) is 5.91 Å². The van der Waals surface area contributed by atoms with Crippen molar-refractivity contribution in [3.05, 3.63) is 41.0 Å². The van der Waals surface area contributed by atoms with Crippen LogP contribution in [0.5, 0.6) is 0 Å². The van der Waals surface area contributed by atoms with Gasteiger partial charge in [0.1, 0.15) is 0 Å². The molecule has 1 aliphatic heterocycles. The van der Waals surface area contributed by atoms with Crippen molar-refractivity contribution in [1.82, 2.24) is 10.2 Å². The number of hydrogen-bond acceptors (Lipinski definition) is 6. The number of nitrogens with zero attached hydrogens (tertiary/aromatic N) is 1. The van der Waals surface area contributed by atoms with Gasteiger partial charge in [0.15, 0.2) is 0 Å². The van der Waals surface area contributed by atoms with Crippen LogP contribution in [0.3, 0.4) is 0 Å². The Kier molecular flexibility index (Phi) is 15.9. The molecule has 1 aliphatic carbocycles. The predicted octanol–water partition coefficient (Wildman–Crippen LogP) is 1.60. The van der Waals surface area contributed by atoms with E-state index in [2.05, 4.69) is 36.2 Å². The number of rotatable bonds is 15. The molecule has 1 saturated carbocycles. The molecule has 212 valence electrons. The van der Waals surface area contributed by atoms with Crippen molar-refractivity contribution in [2.45, 2.75) is 90.2 Å². The molecule has 1 heterocycles. The minimum absolute atomic E-state index is 0. The average molecular weight is 551 g/mol. The van der Waals surface area contributed by atoms with E-state index in [1.807, 2.05) is 18.4 Å². The Labute approximate surface area is 252 Å². The van der Waals surface area contributed by atoms with Crippen LogP contribution in [0.25, 0.3) is 5.57 Å². The molecule has 0 saturated heterocycles. The van der Waals surface area contributed by atoms with Crippen LogP contribution in [0.4, 0.5) is 0 Å². The fourth-order valence-electron chi connectivity index (χ4n) is 5.69. The number of aliphatic carboxylic acids is 1. The summed E-state index contributed by atoms with van der Waals surface area (Å²) in [6, 6.07) is 7.17. The maximum Gasteiger partial charge on any atom is 1.00 e. The topological polar surface area (TPSA) is 81.7 Å². The van der Waals surface area contributed by atoms with Crippen molar-refractivity contribution in [3.63, 3.8) is 0 Å². The number of amides is 1. The summed E-state index contributed by atoms with van der Waals surface area (Å²) < 4.78 is 6.53. The van der Waals surface area contributed by atoms with E-state index in [0.29, 0.717) is 36.6 Å². The molecule has 6 nitrogen and oxygen atoms in total. The van der Waals surface area contributed by atoms with Crippen LogP contribution in [0, 0.1) is 12.8 Å². The fraction of sp³-hybridized carbons (Fsp3) is 0.677. The third-order valence-corrected chi connectivity index (χ3v) is 8.65. The van der Waals surface area contributed by atoms with Crippen molar-refractivity contribution in [1.29, 1.82) is 0 Å². The third-order valence-electron chi connectivity index (χ3n) is 8.00. The number of thioether (sulfide) groups is 1. The van der Waals surface area contributed by atoms with Crippen molar-refractivity contribution >= 4 is 29.2 Å². The van der Waals surface area contributed by atoms with Crippen LogP contribution >= 0.6 is 11.8 Å². The number of ether oxygens (including phenoxy) is 1. The molecule has 39 heavy (non-hydrogen) atoms. The quantitative estimate of drug-likeness (QED) is 0.334. The van der Waals surface area contributed by atoms with E-state index in [0.717, 1.165) is 55.7 Å². The van der Waals surface area contributed by atoms with Gasteiger partial charge in [-0.25, -0.2) is 0 Å². The summed E-state index contributed by atoms with van der Waals surface area (Å²) in [6.07, 6.45) is 13.0. The summed E-state index contributed by atoms with van der Waals surface area (Å²) in [6.45, 7) is 7.42. The summed E-state index contributed by atoms with van der Waals surface area (Å²) in [4.78, 5) is 27.5. The molecule has 1 aromatic rings. The number of carboxylic acid groups (broad SMARTS) is 1. The molecule has 1 amide bonds. The maximum atomic E-state index is 13.4. The molecule has 0 spiro atoms. The molecule has 0 bridgehead atoms. The number of carbonyl (C=O) groups is 2. The minimum Gasteiger partial charge on any atom is -0.548 e. The second kappa shape index (κ2) is 18.3. The van der Waals surface area contributed by atoms with E-state index in [1.54, 1.807) is 11.8 Å². The van der Waals surface area contributed by atoms with Crippen molar-refractivity contribution < 1.29 is 38.3 Å². The molecule has 8 heteroatoms. The van der Waals surface area contributed by atoms with E-state index in [9.17, 15) is 14.7 Å². The first-order valence-electron chi connectivity index (χ1n) is 14.6. The van der Waals surface area contributed by atoms with Crippen molar-refractivity contribution in [2.75, 3.05) is 38.2 Å². The molecule has 2 aliphatic rings. The Hall–Kier alpha value is -1.23. The van der Waals surface area contributed by atoms with E-state index < -0.39 is 12.0 Å². The van der Waals surface area contributed by atoms with Crippen LogP contribution in [-0.2, 0) is 14.3 Å². The first kappa shape index (κ1) is 34.0. The van der Waals surface area contributed by atoms with Gasteiger partial charge in [-0.05, 0) is 73.7 Å². The molecular formula is C31H47LiN2O4S. The monoisotopic (exact) mass is 550 g/mol. The van der Waals surface area contributed by atoms with Gasteiger partial charge < -0.3 is 20.0 Å². The SMILES string of the molecule is CCCCC(CN1CCC(C(=O)NC(CCSC)C(=O)[O-])=C(c2ccccc2C)C1)OCC1CCCCC1.[Li+]. The van der Waals surface area contributed by atoms with Gasteiger partial charge in [-0.1, -0.05) is 63.3 Å². The molecular weight excluding hydrogens is 503 g/mol. The number of aryl methyl sites for hydroxylation is 1. The summed E-state index contributed by atoms with van der Waals surface area (Å²) in [7, 11) is 0. The second-order valence-electron chi connectivity index (χ2n) is 11.0. The van der Waals surface area contributed by atoms with Gasteiger partial charge in [-0.15, -0.1) is 0 Å². The zero-order chi connectivity index (χ0) is 27.3. The fourth-order valence-corrected chi connectivity index (χ4v) is 6.16. The van der Waals surface area contributed by atoms with Gasteiger partial charge in [0, 0.05) is 31.8 Å². The summed E-state index contributed by atoms with van der Waals surface area (Å²) in [5.74, 6) is -0.170. The standard InChI is InChI=1S/C31H48N2O4S.Li/c1-4-5-14-25(37-22-24-12-7-6-8-13-24)20-33-18-16-27(28(21-33)26-15-10-9-11-23(26)2)30(34)32-29(31(35)36)17-19-38-3;/h9-11,15,24-25,29H,4-8,12-14,16-22H2,1-3H3,(H,32,34)(H,35,36);/q;+1/p-1. The van der Waals surface area contributed by atoms with E-state index in [4.69, 9.17) is 4.74 Å². The Morgan fingerprint density at radius 2 is 1.92 bits per heavy atom. The van der Waals surface area contributed by atoms with Crippen LogP contribution < -0.4 is 29.3 Å².